The van der Waals surface area contributed by atoms with Gasteiger partial charge in [0, 0.05) is 18.3 Å². The van der Waals surface area contributed by atoms with Gasteiger partial charge in [0.05, 0.1) is 17.3 Å². The maximum absolute atomic E-state index is 13.0. The molecule has 5 nitrogen and oxygen atoms in total. The summed E-state index contributed by atoms with van der Waals surface area (Å²) in [6, 6.07) is 9.85. The van der Waals surface area contributed by atoms with Gasteiger partial charge in [-0.05, 0) is 37.5 Å². The summed E-state index contributed by atoms with van der Waals surface area (Å²) in [5.41, 5.74) is 2.70. The zero-order valence-electron chi connectivity index (χ0n) is 12.9. The Morgan fingerprint density at radius 1 is 1.26 bits per heavy atom. The van der Waals surface area contributed by atoms with Gasteiger partial charge in [-0.2, -0.15) is 5.10 Å². The number of rotatable bonds is 2. The van der Waals surface area contributed by atoms with Crippen molar-refractivity contribution < 1.29 is 9.53 Å². The predicted octanol–water partition coefficient (Wildman–Crippen LogP) is 2.94. The summed E-state index contributed by atoms with van der Waals surface area (Å²) in [7, 11) is 0. The second-order valence-electron chi connectivity index (χ2n) is 6.02. The van der Waals surface area contributed by atoms with Crippen LogP contribution in [-0.2, 0) is 4.79 Å². The van der Waals surface area contributed by atoms with Crippen molar-refractivity contribution in [3.05, 3.63) is 53.4 Å². The zero-order valence-corrected chi connectivity index (χ0v) is 12.9. The number of hydrogen-bond donors (Lipinski definition) is 1. The molecule has 0 saturated carbocycles. The number of aromatic amines is 1. The van der Waals surface area contributed by atoms with Gasteiger partial charge >= 0.3 is 0 Å². The number of H-pyrrole nitrogens is 1. The molecule has 0 unspecified atom stereocenters. The van der Waals surface area contributed by atoms with Crippen molar-refractivity contribution in [2.75, 3.05) is 13.2 Å². The summed E-state index contributed by atoms with van der Waals surface area (Å²) >= 11 is 0. The highest BCUT2D eigenvalue weighted by Crippen LogP contribution is 2.33. The van der Waals surface area contributed by atoms with Crippen molar-refractivity contribution in [1.82, 2.24) is 15.1 Å². The molecule has 1 fully saturated rings. The number of para-hydroxylation sites is 1. The second kappa shape index (κ2) is 5.91. The zero-order chi connectivity index (χ0) is 15.6. The summed E-state index contributed by atoms with van der Waals surface area (Å²) in [6.45, 7) is 1.11. The molecule has 1 amide bonds. The van der Waals surface area contributed by atoms with Gasteiger partial charge in [-0.1, -0.05) is 18.2 Å². The van der Waals surface area contributed by atoms with Crippen LogP contribution in [0.4, 0.5) is 0 Å². The molecule has 1 saturated heterocycles. The smallest absolute Gasteiger partial charge is 0.253 e. The highest BCUT2D eigenvalue weighted by Gasteiger charge is 2.31. The fourth-order valence-electron chi connectivity index (χ4n) is 3.37. The Labute approximate surface area is 135 Å². The van der Waals surface area contributed by atoms with E-state index in [1.165, 1.54) is 0 Å². The fourth-order valence-corrected chi connectivity index (χ4v) is 3.37. The number of amides is 1. The first-order valence-electron chi connectivity index (χ1n) is 8.05. The monoisotopic (exact) mass is 309 g/mol. The molecular formula is C18H19N3O2. The van der Waals surface area contributed by atoms with E-state index in [-0.39, 0.29) is 11.9 Å². The van der Waals surface area contributed by atoms with E-state index < -0.39 is 0 Å². The molecule has 0 bridgehead atoms. The summed E-state index contributed by atoms with van der Waals surface area (Å²) < 4.78 is 5.74. The first-order valence-corrected chi connectivity index (χ1v) is 8.05. The van der Waals surface area contributed by atoms with Crippen molar-refractivity contribution in [2.45, 2.75) is 25.3 Å². The first kappa shape index (κ1) is 14.1. The van der Waals surface area contributed by atoms with Gasteiger partial charge in [0.15, 0.2) is 0 Å². The topological polar surface area (TPSA) is 58.2 Å². The fraction of sp³-hybridized carbons (Fsp3) is 0.333. The van der Waals surface area contributed by atoms with E-state index in [1.807, 2.05) is 41.3 Å². The minimum atomic E-state index is 0.0683. The third-order valence-electron chi connectivity index (χ3n) is 4.55. The Bertz CT molecular complexity index is 736. The van der Waals surface area contributed by atoms with E-state index in [1.54, 1.807) is 6.20 Å². The highest BCUT2D eigenvalue weighted by molar-refractivity contribution is 5.99. The van der Waals surface area contributed by atoms with Crippen molar-refractivity contribution >= 4 is 12.0 Å². The number of carbonyl (C=O) groups is 1. The number of carbonyl (C=O) groups excluding carboxylic acids is 1. The molecule has 0 aliphatic carbocycles. The lowest BCUT2D eigenvalue weighted by atomic mass is 9.97. The van der Waals surface area contributed by atoms with Crippen LogP contribution in [0.3, 0.4) is 0 Å². The molecule has 0 radical (unpaired) electrons. The Morgan fingerprint density at radius 3 is 3.04 bits per heavy atom. The summed E-state index contributed by atoms with van der Waals surface area (Å²) in [5, 5.41) is 7.05. The molecule has 1 aromatic heterocycles. The number of fused-ring (bicyclic) bond motifs is 1. The quantitative estimate of drug-likeness (QED) is 0.928. The molecule has 1 N–H and O–H groups in total. The predicted molar refractivity (Wildman–Crippen MR) is 86.8 cm³/mol. The number of aromatic nitrogens is 2. The Hall–Kier alpha value is -2.56. The number of benzene rings is 1. The van der Waals surface area contributed by atoms with Crippen LogP contribution in [0.15, 0.2) is 42.1 Å². The normalized spacial score (nSPS) is 20.4. The largest absolute Gasteiger partial charge is 0.488 e. The summed E-state index contributed by atoms with van der Waals surface area (Å²) in [5.74, 6) is 0.909. The van der Waals surface area contributed by atoms with E-state index in [4.69, 9.17) is 4.74 Å². The summed E-state index contributed by atoms with van der Waals surface area (Å²) in [6.07, 6.45) is 6.84. The standard InChI is InChI=1S/C18H19N3O2/c22-18(14-11-13-5-1-2-7-17(13)23-12-14)21-10-4-3-6-16(21)15-8-9-19-20-15/h1-2,5,7-9,11,16H,3-4,6,10,12H2,(H,19,20)/t16-/m0/s1. The van der Waals surface area contributed by atoms with Gasteiger partial charge in [-0.25, -0.2) is 0 Å². The molecule has 5 heteroatoms. The number of piperidine rings is 1. The van der Waals surface area contributed by atoms with Crippen LogP contribution in [0, 0.1) is 0 Å². The third-order valence-corrected chi connectivity index (χ3v) is 4.55. The Balaban J connectivity index is 1.62. The number of hydrogen-bond acceptors (Lipinski definition) is 3. The van der Waals surface area contributed by atoms with Gasteiger partial charge in [0.2, 0.25) is 0 Å². The van der Waals surface area contributed by atoms with Crippen molar-refractivity contribution in [1.29, 1.82) is 0 Å². The van der Waals surface area contributed by atoms with E-state index >= 15 is 0 Å². The van der Waals surface area contributed by atoms with Crippen LogP contribution in [0.25, 0.3) is 6.08 Å². The second-order valence-corrected chi connectivity index (χ2v) is 6.02. The molecule has 1 atom stereocenters. The maximum Gasteiger partial charge on any atom is 0.253 e. The number of nitrogens with one attached hydrogen (secondary N) is 1. The van der Waals surface area contributed by atoms with Crippen molar-refractivity contribution in [3.8, 4) is 5.75 Å². The van der Waals surface area contributed by atoms with Gasteiger partial charge in [0.25, 0.3) is 5.91 Å². The minimum absolute atomic E-state index is 0.0683. The molecule has 2 aromatic rings. The maximum atomic E-state index is 13.0. The van der Waals surface area contributed by atoms with Gasteiger partial charge < -0.3 is 9.64 Å². The molecule has 2 aliphatic heterocycles. The van der Waals surface area contributed by atoms with Crippen molar-refractivity contribution in [2.24, 2.45) is 0 Å². The third kappa shape index (κ3) is 2.63. The van der Waals surface area contributed by atoms with Gasteiger partial charge in [0.1, 0.15) is 12.4 Å². The van der Waals surface area contributed by atoms with E-state index in [2.05, 4.69) is 10.2 Å². The number of nitrogens with zero attached hydrogens (tertiary/aromatic N) is 2. The van der Waals surface area contributed by atoms with Crippen molar-refractivity contribution in [3.63, 3.8) is 0 Å². The lowest BCUT2D eigenvalue weighted by Gasteiger charge is -2.36. The van der Waals surface area contributed by atoms with Crippen LogP contribution < -0.4 is 4.74 Å². The highest BCUT2D eigenvalue weighted by atomic mass is 16.5. The molecule has 1 aromatic carbocycles. The van der Waals surface area contributed by atoms with E-state index in [9.17, 15) is 4.79 Å². The van der Waals surface area contributed by atoms with Crippen LogP contribution in [0.1, 0.15) is 36.6 Å². The molecule has 4 rings (SSSR count). The summed E-state index contributed by atoms with van der Waals surface area (Å²) in [4.78, 5) is 15.0. The van der Waals surface area contributed by atoms with Gasteiger partial charge in [-0.15, -0.1) is 0 Å². The molecule has 0 spiro atoms. The number of likely N-dealkylation sites (tertiary alicyclic amines) is 1. The molecular weight excluding hydrogens is 290 g/mol. The van der Waals surface area contributed by atoms with Crippen LogP contribution in [-0.4, -0.2) is 34.2 Å². The molecule has 23 heavy (non-hydrogen) atoms. The van der Waals surface area contributed by atoms with Crippen LogP contribution in [0.2, 0.25) is 0 Å². The lowest BCUT2D eigenvalue weighted by Crippen LogP contribution is -2.40. The van der Waals surface area contributed by atoms with Crippen LogP contribution >= 0.6 is 0 Å². The Morgan fingerprint density at radius 2 is 2.17 bits per heavy atom. The average molecular weight is 309 g/mol. The number of ether oxygens (including phenoxy) is 1. The minimum Gasteiger partial charge on any atom is -0.488 e. The average Bonchev–Trinajstić information content (AvgIpc) is 3.15. The molecule has 3 heterocycles. The molecule has 2 aliphatic rings. The SMILES string of the molecule is O=C(C1=Cc2ccccc2OC1)N1CCCC[C@H]1c1ccn[nH]1. The first-order chi connectivity index (χ1) is 11.3. The molecule has 118 valence electrons. The van der Waals surface area contributed by atoms with Crippen LogP contribution in [0.5, 0.6) is 5.75 Å². The van der Waals surface area contributed by atoms with E-state index in [0.29, 0.717) is 6.61 Å². The van der Waals surface area contributed by atoms with E-state index in [0.717, 1.165) is 48.4 Å². The van der Waals surface area contributed by atoms with Gasteiger partial charge in [-0.3, -0.25) is 9.89 Å². The lowest BCUT2D eigenvalue weighted by molar-refractivity contribution is -0.131. The Kier molecular flexibility index (Phi) is 3.61.